The number of fused-ring (bicyclic) bond motifs is 4. The summed E-state index contributed by atoms with van der Waals surface area (Å²) in [4.78, 5) is 28.2. The lowest BCUT2D eigenvalue weighted by molar-refractivity contribution is -0.126. The molecule has 2 aromatic heterocycles. The van der Waals surface area contributed by atoms with E-state index in [4.69, 9.17) is 10.5 Å². The summed E-state index contributed by atoms with van der Waals surface area (Å²) in [7, 11) is 0. The van der Waals surface area contributed by atoms with Crippen molar-refractivity contribution in [1.29, 1.82) is 5.26 Å². The molecule has 3 aromatic rings. The number of nitrogens with two attached hydrogens (primary N) is 1. The first-order chi connectivity index (χ1) is 14.0. The first kappa shape index (κ1) is 17.2. The molecule has 142 valence electrons. The number of anilines is 1. The van der Waals surface area contributed by atoms with Crippen molar-refractivity contribution >= 4 is 28.8 Å². The number of imide groups is 1. The van der Waals surface area contributed by atoms with Crippen LogP contribution in [0.3, 0.4) is 0 Å². The lowest BCUT2D eigenvalue weighted by Gasteiger charge is -2.32. The van der Waals surface area contributed by atoms with Gasteiger partial charge in [-0.1, -0.05) is 24.3 Å². The number of H-pyrrole nitrogens is 1. The average Bonchev–Trinajstić information content (AvgIpc) is 3.40. The molecular formula is C20H13N5O3S. The van der Waals surface area contributed by atoms with Gasteiger partial charge in [0.1, 0.15) is 17.1 Å². The van der Waals surface area contributed by atoms with Crippen LogP contribution in [0.25, 0.3) is 10.6 Å². The van der Waals surface area contributed by atoms with Crippen LogP contribution < -0.4 is 15.4 Å². The fourth-order valence-corrected chi connectivity index (χ4v) is 4.85. The number of aromatic amines is 1. The van der Waals surface area contributed by atoms with Crippen LogP contribution in [0.2, 0.25) is 0 Å². The molecule has 0 saturated heterocycles. The van der Waals surface area contributed by atoms with Crippen molar-refractivity contribution in [2.45, 2.75) is 12.3 Å². The third-order valence-corrected chi connectivity index (χ3v) is 6.09. The Bertz CT molecular complexity index is 1270. The second-order valence-electron chi connectivity index (χ2n) is 6.64. The number of amides is 2. The van der Waals surface area contributed by atoms with Gasteiger partial charge < -0.3 is 10.5 Å². The Labute approximate surface area is 168 Å². The Morgan fingerprint density at radius 3 is 2.83 bits per heavy atom. The highest BCUT2D eigenvalue weighted by atomic mass is 32.1. The van der Waals surface area contributed by atoms with Gasteiger partial charge in [0.2, 0.25) is 17.7 Å². The highest BCUT2D eigenvalue weighted by Crippen LogP contribution is 2.57. The van der Waals surface area contributed by atoms with E-state index in [1.165, 1.54) is 18.3 Å². The molecule has 2 aliphatic rings. The number of para-hydroxylation sites is 1. The molecular weight excluding hydrogens is 390 g/mol. The SMILES string of the molecule is CC(=O)N1C(=O)[C@]2(C(C#N)=C(N)Oc3n[nH]c(-c4cccs4)c32)c2ccccc21. The van der Waals surface area contributed by atoms with Crippen LogP contribution in [0, 0.1) is 11.3 Å². The van der Waals surface area contributed by atoms with Crippen LogP contribution in [0.15, 0.2) is 53.2 Å². The molecule has 0 bridgehead atoms. The molecule has 9 heteroatoms. The van der Waals surface area contributed by atoms with E-state index in [1.54, 1.807) is 24.3 Å². The third-order valence-electron chi connectivity index (χ3n) is 5.20. The highest BCUT2D eigenvalue weighted by Gasteiger charge is 2.62. The number of nitrogens with zero attached hydrogens (tertiary/aromatic N) is 3. The monoisotopic (exact) mass is 403 g/mol. The van der Waals surface area contributed by atoms with E-state index in [0.717, 1.165) is 9.78 Å². The number of ether oxygens (including phenoxy) is 1. The molecule has 0 unspecified atom stereocenters. The van der Waals surface area contributed by atoms with Crippen LogP contribution >= 0.6 is 11.3 Å². The molecule has 2 aliphatic heterocycles. The number of hydrogen-bond donors (Lipinski definition) is 2. The zero-order valence-corrected chi connectivity index (χ0v) is 15.9. The molecule has 0 radical (unpaired) electrons. The summed E-state index contributed by atoms with van der Waals surface area (Å²) in [6.07, 6.45) is 0. The van der Waals surface area contributed by atoms with Crippen molar-refractivity contribution in [2.75, 3.05) is 4.90 Å². The van der Waals surface area contributed by atoms with Gasteiger partial charge in [0, 0.05) is 12.5 Å². The maximum Gasteiger partial charge on any atom is 0.254 e. The molecule has 1 atom stereocenters. The Hall–Kier alpha value is -3.90. The third kappa shape index (κ3) is 1.98. The maximum absolute atomic E-state index is 13.8. The van der Waals surface area contributed by atoms with Gasteiger partial charge in [-0.2, -0.15) is 5.26 Å². The van der Waals surface area contributed by atoms with E-state index in [0.29, 0.717) is 22.5 Å². The van der Waals surface area contributed by atoms with Gasteiger partial charge in [-0.25, -0.2) is 4.90 Å². The number of nitrogens with one attached hydrogen (secondary N) is 1. The molecule has 4 heterocycles. The van der Waals surface area contributed by atoms with Crippen LogP contribution in [-0.4, -0.2) is 22.0 Å². The molecule has 8 nitrogen and oxygen atoms in total. The van der Waals surface area contributed by atoms with Crippen LogP contribution in [0.4, 0.5) is 5.69 Å². The fraction of sp³-hybridized carbons (Fsp3) is 0.100. The number of nitriles is 1. The van der Waals surface area contributed by atoms with Crippen LogP contribution in [0.5, 0.6) is 5.88 Å². The lowest BCUT2D eigenvalue weighted by atomic mass is 9.69. The lowest BCUT2D eigenvalue weighted by Crippen LogP contribution is -2.47. The van der Waals surface area contributed by atoms with Crippen LogP contribution in [0.1, 0.15) is 18.1 Å². The van der Waals surface area contributed by atoms with Crippen molar-refractivity contribution in [3.63, 3.8) is 0 Å². The summed E-state index contributed by atoms with van der Waals surface area (Å²) < 4.78 is 5.60. The highest BCUT2D eigenvalue weighted by molar-refractivity contribution is 7.13. The number of carbonyl (C=O) groups is 2. The average molecular weight is 403 g/mol. The fourth-order valence-electron chi connectivity index (χ4n) is 4.12. The zero-order chi connectivity index (χ0) is 20.3. The van der Waals surface area contributed by atoms with Gasteiger partial charge in [0.15, 0.2) is 0 Å². The second-order valence-corrected chi connectivity index (χ2v) is 7.58. The summed E-state index contributed by atoms with van der Waals surface area (Å²) >= 11 is 1.45. The summed E-state index contributed by atoms with van der Waals surface area (Å²) in [5, 5.41) is 19.0. The topological polar surface area (TPSA) is 125 Å². The van der Waals surface area contributed by atoms with Gasteiger partial charge in [0.25, 0.3) is 5.91 Å². The second kappa shape index (κ2) is 5.80. The summed E-state index contributed by atoms with van der Waals surface area (Å²) in [5.74, 6) is -1.13. The Morgan fingerprint density at radius 1 is 1.34 bits per heavy atom. The molecule has 0 aliphatic carbocycles. The molecule has 3 N–H and O–H groups in total. The minimum absolute atomic E-state index is 0.0644. The molecule has 0 fully saturated rings. The van der Waals surface area contributed by atoms with Crippen molar-refractivity contribution in [3.05, 3.63) is 64.4 Å². The molecule has 1 aromatic carbocycles. The number of hydrogen-bond acceptors (Lipinski definition) is 7. The maximum atomic E-state index is 13.8. The predicted molar refractivity (Wildman–Crippen MR) is 105 cm³/mol. The predicted octanol–water partition coefficient (Wildman–Crippen LogP) is 2.40. The molecule has 29 heavy (non-hydrogen) atoms. The van der Waals surface area contributed by atoms with E-state index < -0.39 is 17.2 Å². The van der Waals surface area contributed by atoms with Gasteiger partial charge in [-0.15, -0.1) is 16.4 Å². The van der Waals surface area contributed by atoms with Crippen molar-refractivity contribution in [1.82, 2.24) is 10.2 Å². The number of aromatic nitrogens is 2. The van der Waals surface area contributed by atoms with Crippen LogP contribution in [-0.2, 0) is 15.0 Å². The number of benzene rings is 1. The van der Waals surface area contributed by atoms with Crippen molar-refractivity contribution in [3.8, 4) is 22.5 Å². The number of carbonyl (C=O) groups excluding carboxylic acids is 2. The van der Waals surface area contributed by atoms with E-state index in [1.807, 2.05) is 17.5 Å². The Morgan fingerprint density at radius 2 is 2.14 bits per heavy atom. The van der Waals surface area contributed by atoms with Crippen molar-refractivity contribution < 1.29 is 14.3 Å². The first-order valence-corrected chi connectivity index (χ1v) is 9.55. The van der Waals surface area contributed by atoms with E-state index in [9.17, 15) is 14.9 Å². The molecule has 5 rings (SSSR count). The van der Waals surface area contributed by atoms with Gasteiger partial charge in [-0.05, 0) is 17.5 Å². The Balaban J connectivity index is 1.95. The standard InChI is InChI=1S/C20H13N5O3S/c1-10(26)25-13-6-3-2-5-11(13)20(19(25)27)12(9-21)17(22)28-18-15(20)16(23-24-18)14-7-4-8-29-14/h2-8H,22H2,1H3,(H,23,24)/t20-/m0/s1. The molecule has 0 saturated carbocycles. The normalized spacial score (nSPS) is 19.7. The smallest absolute Gasteiger partial charge is 0.254 e. The molecule has 2 amide bonds. The molecule has 1 spiro atoms. The van der Waals surface area contributed by atoms with Crippen molar-refractivity contribution in [2.24, 2.45) is 5.73 Å². The largest absolute Gasteiger partial charge is 0.420 e. The minimum atomic E-state index is -1.62. The quantitative estimate of drug-likeness (QED) is 0.643. The van der Waals surface area contributed by atoms with Gasteiger partial charge >= 0.3 is 0 Å². The number of rotatable bonds is 1. The zero-order valence-electron chi connectivity index (χ0n) is 15.1. The summed E-state index contributed by atoms with van der Waals surface area (Å²) in [5.41, 5.74) is 6.20. The number of thiophene rings is 1. The van der Waals surface area contributed by atoms with E-state index in [-0.39, 0.29) is 17.3 Å². The Kier molecular flexibility index (Phi) is 3.44. The van der Waals surface area contributed by atoms with E-state index in [2.05, 4.69) is 16.3 Å². The van der Waals surface area contributed by atoms with Gasteiger partial charge in [-0.3, -0.25) is 14.7 Å². The van der Waals surface area contributed by atoms with Gasteiger partial charge in [0.05, 0.1) is 21.8 Å². The first-order valence-electron chi connectivity index (χ1n) is 8.67. The minimum Gasteiger partial charge on any atom is -0.420 e. The van der Waals surface area contributed by atoms with E-state index >= 15 is 0 Å². The summed E-state index contributed by atoms with van der Waals surface area (Å²) in [6.45, 7) is 1.31. The summed E-state index contributed by atoms with van der Waals surface area (Å²) in [6, 6.07) is 12.7.